The van der Waals surface area contributed by atoms with Gasteiger partial charge in [-0.1, -0.05) is 31.0 Å². The van der Waals surface area contributed by atoms with E-state index in [0.717, 1.165) is 36.9 Å². The molecule has 2 fully saturated rings. The van der Waals surface area contributed by atoms with Crippen LogP contribution >= 0.6 is 0 Å². The average molecular weight is 470 g/mol. The first kappa shape index (κ1) is 23.4. The number of carbonyl (C=O) groups is 2. The number of nitrogens with zero attached hydrogens (tertiary/aromatic N) is 2. The third-order valence-corrected chi connectivity index (χ3v) is 8.58. The smallest absolute Gasteiger partial charge is 0.243 e. The van der Waals surface area contributed by atoms with Crippen LogP contribution in [-0.4, -0.2) is 43.7 Å². The molecule has 8 heteroatoms. The van der Waals surface area contributed by atoms with Crippen molar-refractivity contribution in [3.05, 3.63) is 54.1 Å². The predicted molar refractivity (Wildman–Crippen MR) is 129 cm³/mol. The number of piperidine rings is 1. The van der Waals surface area contributed by atoms with Gasteiger partial charge in [-0.25, -0.2) is 8.42 Å². The third-order valence-electron chi connectivity index (χ3n) is 6.61. The molecule has 0 aliphatic carbocycles. The van der Waals surface area contributed by atoms with Gasteiger partial charge in [0.1, 0.15) is 0 Å². The van der Waals surface area contributed by atoms with Crippen LogP contribution in [0.2, 0.25) is 0 Å². The van der Waals surface area contributed by atoms with Crippen molar-refractivity contribution < 1.29 is 18.0 Å². The average Bonchev–Trinajstić information content (AvgIpc) is 3.21. The molecule has 4 rings (SSSR count). The van der Waals surface area contributed by atoms with Gasteiger partial charge >= 0.3 is 0 Å². The molecule has 0 radical (unpaired) electrons. The minimum atomic E-state index is -3.56. The summed E-state index contributed by atoms with van der Waals surface area (Å²) in [6.45, 7) is 4.88. The maximum atomic E-state index is 13.1. The summed E-state index contributed by atoms with van der Waals surface area (Å²) in [5, 5.41) is 2.84. The van der Waals surface area contributed by atoms with E-state index in [4.69, 9.17) is 0 Å². The Bertz CT molecular complexity index is 1110. The van der Waals surface area contributed by atoms with Crippen molar-refractivity contribution in [3.8, 4) is 0 Å². The number of benzene rings is 2. The Morgan fingerprint density at radius 2 is 1.76 bits per heavy atom. The normalized spacial score (nSPS) is 21.9. The Morgan fingerprint density at radius 1 is 1.06 bits per heavy atom. The largest absolute Gasteiger partial charge is 0.326 e. The summed E-state index contributed by atoms with van der Waals surface area (Å²) in [4.78, 5) is 27.1. The number of amides is 2. The molecular formula is C25H31N3O4S. The van der Waals surface area contributed by atoms with Gasteiger partial charge in [-0.3, -0.25) is 9.59 Å². The second-order valence-corrected chi connectivity index (χ2v) is 10.8. The summed E-state index contributed by atoms with van der Waals surface area (Å²) in [5.41, 5.74) is 2.42. The zero-order valence-corrected chi connectivity index (χ0v) is 20.0. The number of anilines is 2. The van der Waals surface area contributed by atoms with Crippen LogP contribution in [0, 0.1) is 12.8 Å². The molecule has 33 heavy (non-hydrogen) atoms. The molecule has 0 aromatic heterocycles. The van der Waals surface area contributed by atoms with Crippen molar-refractivity contribution in [2.45, 2.75) is 56.9 Å². The quantitative estimate of drug-likeness (QED) is 0.694. The van der Waals surface area contributed by atoms with Crippen LogP contribution in [0.15, 0.2) is 53.4 Å². The van der Waals surface area contributed by atoms with Gasteiger partial charge in [-0.05, 0) is 62.6 Å². The van der Waals surface area contributed by atoms with Crippen molar-refractivity contribution in [3.63, 3.8) is 0 Å². The first-order valence-electron chi connectivity index (χ1n) is 11.6. The molecule has 0 unspecified atom stereocenters. The summed E-state index contributed by atoms with van der Waals surface area (Å²) in [5.74, 6) is -0.774. The van der Waals surface area contributed by atoms with E-state index in [1.165, 1.54) is 0 Å². The van der Waals surface area contributed by atoms with Crippen molar-refractivity contribution in [1.29, 1.82) is 0 Å². The molecule has 2 heterocycles. The highest BCUT2D eigenvalue weighted by Gasteiger charge is 2.35. The highest BCUT2D eigenvalue weighted by atomic mass is 32.2. The predicted octanol–water partition coefficient (Wildman–Crippen LogP) is 3.94. The lowest BCUT2D eigenvalue weighted by Gasteiger charge is -2.34. The molecule has 2 atom stereocenters. The fraction of sp³-hybridized carbons (Fsp3) is 0.440. The zero-order chi connectivity index (χ0) is 23.6. The first-order valence-corrected chi connectivity index (χ1v) is 13.0. The number of aryl methyl sites for hydroxylation is 1. The summed E-state index contributed by atoms with van der Waals surface area (Å²) in [6.07, 6.45) is 3.78. The Labute approximate surface area is 195 Å². The third kappa shape index (κ3) is 4.96. The first-order chi connectivity index (χ1) is 15.8. The number of hydrogen-bond acceptors (Lipinski definition) is 4. The number of hydrogen-bond donors (Lipinski definition) is 1. The van der Waals surface area contributed by atoms with Crippen LogP contribution in [-0.2, 0) is 19.6 Å². The Hall–Kier alpha value is -2.71. The number of carbonyl (C=O) groups excluding carboxylic acids is 2. The summed E-state index contributed by atoms with van der Waals surface area (Å²) in [6, 6.07) is 14.0. The summed E-state index contributed by atoms with van der Waals surface area (Å²) in [7, 11) is -3.56. The minimum absolute atomic E-state index is 0.0412. The highest BCUT2D eigenvalue weighted by molar-refractivity contribution is 7.89. The molecule has 0 spiro atoms. The number of rotatable bonds is 6. The lowest BCUT2D eigenvalue weighted by Crippen LogP contribution is -2.43. The van der Waals surface area contributed by atoms with Crippen molar-refractivity contribution in [1.82, 2.24) is 4.31 Å². The van der Waals surface area contributed by atoms with Gasteiger partial charge in [-0.15, -0.1) is 0 Å². The van der Waals surface area contributed by atoms with Gasteiger partial charge in [0.2, 0.25) is 21.8 Å². The molecule has 2 aromatic rings. The zero-order valence-electron chi connectivity index (χ0n) is 19.2. The van der Waals surface area contributed by atoms with Crippen LogP contribution in [0.4, 0.5) is 11.4 Å². The van der Waals surface area contributed by atoms with E-state index >= 15 is 0 Å². The number of nitrogens with one attached hydrogen (secondary N) is 1. The van der Waals surface area contributed by atoms with Crippen LogP contribution in [0.25, 0.3) is 0 Å². The van der Waals surface area contributed by atoms with E-state index < -0.39 is 15.9 Å². The van der Waals surface area contributed by atoms with Crippen molar-refractivity contribution in [2.24, 2.45) is 5.92 Å². The number of sulfonamides is 1. The molecule has 176 valence electrons. The highest BCUT2D eigenvalue weighted by Crippen LogP contribution is 2.29. The molecule has 0 bridgehead atoms. The second kappa shape index (κ2) is 9.65. The molecule has 2 aliphatic rings. The van der Waals surface area contributed by atoms with Gasteiger partial charge in [0, 0.05) is 36.9 Å². The maximum Gasteiger partial charge on any atom is 0.243 e. The van der Waals surface area contributed by atoms with Crippen molar-refractivity contribution in [2.75, 3.05) is 23.3 Å². The van der Waals surface area contributed by atoms with Gasteiger partial charge in [0.05, 0.1) is 10.8 Å². The van der Waals surface area contributed by atoms with E-state index in [1.807, 2.05) is 38.1 Å². The van der Waals surface area contributed by atoms with Crippen LogP contribution in [0.1, 0.15) is 44.6 Å². The summed E-state index contributed by atoms with van der Waals surface area (Å²) >= 11 is 0. The van der Waals surface area contributed by atoms with Crippen molar-refractivity contribution >= 4 is 33.2 Å². The van der Waals surface area contributed by atoms with Crippen LogP contribution in [0.5, 0.6) is 0 Å². The lowest BCUT2D eigenvalue weighted by molar-refractivity contribution is -0.122. The Kier molecular flexibility index (Phi) is 6.86. The molecule has 2 aliphatic heterocycles. The SMILES string of the molecule is CC[C@@H]1CCCCN1S(=O)(=O)c1ccc(NC(=O)[C@H]2CC(=O)N(c3ccc(C)cc3)C2)cc1. The molecular weight excluding hydrogens is 438 g/mol. The maximum absolute atomic E-state index is 13.1. The Balaban J connectivity index is 1.41. The van der Waals surface area contributed by atoms with Gasteiger partial charge in [0.25, 0.3) is 0 Å². The topological polar surface area (TPSA) is 86.8 Å². The summed E-state index contributed by atoms with van der Waals surface area (Å²) < 4.78 is 27.9. The van der Waals surface area contributed by atoms with Gasteiger partial charge in [-0.2, -0.15) is 4.31 Å². The van der Waals surface area contributed by atoms with Gasteiger partial charge in [0.15, 0.2) is 0 Å². The fourth-order valence-electron chi connectivity index (χ4n) is 4.65. The molecule has 2 amide bonds. The Morgan fingerprint density at radius 3 is 2.42 bits per heavy atom. The minimum Gasteiger partial charge on any atom is -0.326 e. The van der Waals surface area contributed by atoms with E-state index in [0.29, 0.717) is 18.8 Å². The molecule has 0 saturated carbocycles. The molecule has 1 N–H and O–H groups in total. The molecule has 2 aromatic carbocycles. The van der Waals surface area contributed by atoms with Gasteiger partial charge < -0.3 is 10.2 Å². The monoisotopic (exact) mass is 469 g/mol. The standard InChI is InChI=1S/C25H31N3O4S/c1-3-21-6-4-5-15-28(21)33(31,32)23-13-9-20(10-14-23)26-25(30)19-16-24(29)27(17-19)22-11-7-18(2)8-12-22/h7-14,19,21H,3-6,15-17H2,1-2H3,(H,26,30)/t19-,21+/m0/s1. The molecule has 2 saturated heterocycles. The lowest BCUT2D eigenvalue weighted by atomic mass is 10.0. The van der Waals surface area contributed by atoms with Crippen LogP contribution < -0.4 is 10.2 Å². The van der Waals surface area contributed by atoms with E-state index in [-0.39, 0.29) is 29.2 Å². The molecule has 7 nitrogen and oxygen atoms in total. The van der Waals surface area contributed by atoms with Crippen LogP contribution in [0.3, 0.4) is 0 Å². The van der Waals surface area contributed by atoms with E-state index in [1.54, 1.807) is 33.5 Å². The van der Waals surface area contributed by atoms with E-state index in [2.05, 4.69) is 5.32 Å². The fourth-order valence-corrected chi connectivity index (χ4v) is 6.41. The van der Waals surface area contributed by atoms with E-state index in [9.17, 15) is 18.0 Å². The second-order valence-electron chi connectivity index (χ2n) is 8.93.